The molecule has 0 bridgehead atoms. The maximum Gasteiger partial charge on any atom is 0.253 e. The van der Waals surface area contributed by atoms with E-state index < -0.39 is 0 Å². The highest BCUT2D eigenvalue weighted by Crippen LogP contribution is 2.28. The van der Waals surface area contributed by atoms with Crippen molar-refractivity contribution in [2.24, 2.45) is 5.92 Å². The molecular weight excluding hydrogens is 341 g/mol. The lowest BCUT2D eigenvalue weighted by Gasteiger charge is -2.17. The Morgan fingerprint density at radius 3 is 2.94 bits per heavy atom. The largest absolute Gasteiger partial charge is 0.379 e. The number of hydrogen-bond donors (Lipinski definition) is 0. The fourth-order valence-corrected chi connectivity index (χ4v) is 2.22. The molecule has 0 aliphatic heterocycles. The minimum absolute atomic E-state index is 0.0588. The van der Waals surface area contributed by atoms with Crippen LogP contribution in [0.5, 0.6) is 0 Å². The normalized spacial score (nSPS) is 14.6. The van der Waals surface area contributed by atoms with Crippen LogP contribution in [0, 0.1) is 9.49 Å². The molecule has 98 valence electrons. The van der Waals surface area contributed by atoms with Crippen LogP contribution in [0.2, 0.25) is 0 Å². The Morgan fingerprint density at radius 2 is 2.28 bits per heavy atom. The van der Waals surface area contributed by atoms with Crippen molar-refractivity contribution < 1.29 is 9.53 Å². The van der Waals surface area contributed by atoms with Gasteiger partial charge in [0.15, 0.2) is 0 Å². The van der Waals surface area contributed by atoms with Crippen LogP contribution in [0.3, 0.4) is 0 Å². The minimum Gasteiger partial charge on any atom is -0.379 e. The summed E-state index contributed by atoms with van der Waals surface area (Å²) in [7, 11) is 1.82. The standard InChI is InChI=1S/C14H18INO2/c1-16(7-8-18-10-11-5-6-11)14(17)12-3-2-4-13(15)9-12/h2-4,9,11H,5-8,10H2,1H3. The van der Waals surface area contributed by atoms with Crippen LogP contribution in [0.25, 0.3) is 0 Å². The molecule has 1 saturated carbocycles. The summed E-state index contributed by atoms with van der Waals surface area (Å²) >= 11 is 2.22. The van der Waals surface area contributed by atoms with Crippen molar-refractivity contribution in [1.29, 1.82) is 0 Å². The number of amides is 1. The van der Waals surface area contributed by atoms with Crippen molar-refractivity contribution in [1.82, 2.24) is 4.90 Å². The topological polar surface area (TPSA) is 29.5 Å². The Balaban J connectivity index is 1.76. The average molecular weight is 359 g/mol. The maximum absolute atomic E-state index is 12.1. The van der Waals surface area contributed by atoms with Crippen LogP contribution < -0.4 is 0 Å². The number of benzene rings is 1. The monoisotopic (exact) mass is 359 g/mol. The second kappa shape index (κ2) is 6.52. The molecule has 0 spiro atoms. The van der Waals surface area contributed by atoms with Crippen molar-refractivity contribution in [3.05, 3.63) is 33.4 Å². The Morgan fingerprint density at radius 1 is 1.50 bits per heavy atom. The van der Waals surface area contributed by atoms with E-state index >= 15 is 0 Å². The van der Waals surface area contributed by atoms with Gasteiger partial charge in [0.2, 0.25) is 0 Å². The van der Waals surface area contributed by atoms with Crippen molar-refractivity contribution in [2.75, 3.05) is 26.8 Å². The zero-order valence-corrected chi connectivity index (χ0v) is 12.7. The molecule has 4 heteroatoms. The molecule has 0 N–H and O–H groups in total. The molecule has 0 radical (unpaired) electrons. The molecule has 1 aliphatic rings. The molecule has 2 rings (SSSR count). The molecule has 0 unspecified atom stereocenters. The quantitative estimate of drug-likeness (QED) is 0.578. The van der Waals surface area contributed by atoms with Gasteiger partial charge < -0.3 is 9.64 Å². The van der Waals surface area contributed by atoms with Gasteiger partial charge in [0, 0.05) is 29.3 Å². The first-order chi connectivity index (χ1) is 8.66. The highest BCUT2D eigenvalue weighted by atomic mass is 127. The third-order valence-corrected chi connectivity index (χ3v) is 3.71. The molecule has 0 atom stereocenters. The van der Waals surface area contributed by atoms with Crippen molar-refractivity contribution in [2.45, 2.75) is 12.8 Å². The summed E-state index contributed by atoms with van der Waals surface area (Å²) in [5.41, 5.74) is 0.742. The second-order valence-corrected chi connectivity index (χ2v) is 6.00. The van der Waals surface area contributed by atoms with Crippen LogP contribution >= 0.6 is 22.6 Å². The van der Waals surface area contributed by atoms with E-state index in [0.717, 1.165) is 21.7 Å². The van der Waals surface area contributed by atoms with E-state index in [-0.39, 0.29) is 5.91 Å². The van der Waals surface area contributed by atoms with Gasteiger partial charge in [-0.3, -0.25) is 4.79 Å². The van der Waals surface area contributed by atoms with Crippen LogP contribution in [0.15, 0.2) is 24.3 Å². The highest BCUT2D eigenvalue weighted by Gasteiger charge is 2.21. The number of halogens is 1. The average Bonchev–Trinajstić information content (AvgIpc) is 3.17. The first-order valence-electron chi connectivity index (χ1n) is 6.25. The maximum atomic E-state index is 12.1. The number of rotatable bonds is 6. The van der Waals surface area contributed by atoms with Gasteiger partial charge >= 0.3 is 0 Å². The summed E-state index contributed by atoms with van der Waals surface area (Å²) in [6, 6.07) is 7.65. The van der Waals surface area contributed by atoms with Crippen molar-refractivity contribution in [3.8, 4) is 0 Å². The summed E-state index contributed by atoms with van der Waals surface area (Å²) in [4.78, 5) is 13.8. The Kier molecular flexibility index (Phi) is 5.00. The first kappa shape index (κ1) is 13.8. The molecule has 0 saturated heterocycles. The van der Waals surface area contributed by atoms with Crippen LogP contribution in [-0.2, 0) is 4.74 Å². The molecule has 18 heavy (non-hydrogen) atoms. The smallest absolute Gasteiger partial charge is 0.253 e. The molecule has 0 heterocycles. The van der Waals surface area contributed by atoms with Gasteiger partial charge in [0.05, 0.1) is 6.61 Å². The van der Waals surface area contributed by atoms with Crippen LogP contribution in [0.4, 0.5) is 0 Å². The fourth-order valence-electron chi connectivity index (χ4n) is 1.68. The molecule has 1 aromatic rings. The van der Waals surface area contributed by atoms with E-state index in [0.29, 0.717) is 13.2 Å². The second-order valence-electron chi connectivity index (χ2n) is 4.76. The van der Waals surface area contributed by atoms with Gasteiger partial charge in [-0.05, 0) is 59.5 Å². The molecule has 1 aromatic carbocycles. The molecule has 1 amide bonds. The van der Waals surface area contributed by atoms with E-state index in [1.54, 1.807) is 4.90 Å². The van der Waals surface area contributed by atoms with Gasteiger partial charge in [0.25, 0.3) is 5.91 Å². The molecule has 3 nitrogen and oxygen atoms in total. The number of ether oxygens (including phenoxy) is 1. The van der Waals surface area contributed by atoms with E-state index in [9.17, 15) is 4.79 Å². The predicted octanol–water partition coefficient (Wildman–Crippen LogP) is 2.79. The fraction of sp³-hybridized carbons (Fsp3) is 0.500. The number of carbonyl (C=O) groups is 1. The zero-order valence-electron chi connectivity index (χ0n) is 10.6. The highest BCUT2D eigenvalue weighted by molar-refractivity contribution is 14.1. The molecular formula is C14H18INO2. The zero-order chi connectivity index (χ0) is 13.0. The SMILES string of the molecule is CN(CCOCC1CC1)C(=O)c1cccc(I)c1. The predicted molar refractivity (Wildman–Crippen MR) is 79.7 cm³/mol. The van der Waals surface area contributed by atoms with Crippen LogP contribution in [0.1, 0.15) is 23.2 Å². The first-order valence-corrected chi connectivity index (χ1v) is 7.33. The van der Waals surface area contributed by atoms with E-state index in [1.807, 2.05) is 31.3 Å². The third-order valence-electron chi connectivity index (χ3n) is 3.04. The summed E-state index contributed by atoms with van der Waals surface area (Å²) in [6.07, 6.45) is 2.61. The summed E-state index contributed by atoms with van der Waals surface area (Å²) < 4.78 is 6.62. The lowest BCUT2D eigenvalue weighted by atomic mass is 10.2. The van der Waals surface area contributed by atoms with Crippen molar-refractivity contribution in [3.63, 3.8) is 0 Å². The Hall–Kier alpha value is -0.620. The van der Waals surface area contributed by atoms with Gasteiger partial charge in [-0.15, -0.1) is 0 Å². The van der Waals surface area contributed by atoms with Crippen LogP contribution in [-0.4, -0.2) is 37.6 Å². The van der Waals surface area contributed by atoms with Crippen molar-refractivity contribution >= 4 is 28.5 Å². The Labute approximate surface area is 122 Å². The molecule has 1 aliphatic carbocycles. The number of likely N-dealkylation sites (N-methyl/N-ethyl adjacent to an activating group) is 1. The third kappa shape index (κ3) is 4.24. The lowest BCUT2D eigenvalue weighted by molar-refractivity contribution is 0.0681. The van der Waals surface area contributed by atoms with Gasteiger partial charge in [0.1, 0.15) is 0 Å². The molecule has 0 aromatic heterocycles. The van der Waals surface area contributed by atoms with E-state index in [2.05, 4.69) is 22.6 Å². The van der Waals surface area contributed by atoms with Gasteiger partial charge in [-0.2, -0.15) is 0 Å². The number of carbonyl (C=O) groups excluding carboxylic acids is 1. The lowest BCUT2D eigenvalue weighted by Crippen LogP contribution is -2.30. The number of hydrogen-bond acceptors (Lipinski definition) is 2. The number of nitrogens with zero attached hydrogens (tertiary/aromatic N) is 1. The summed E-state index contributed by atoms with van der Waals surface area (Å²) in [6.45, 7) is 2.13. The molecule has 1 fully saturated rings. The minimum atomic E-state index is 0.0588. The summed E-state index contributed by atoms with van der Waals surface area (Å²) in [5.74, 6) is 0.838. The van der Waals surface area contributed by atoms with E-state index in [4.69, 9.17) is 4.74 Å². The summed E-state index contributed by atoms with van der Waals surface area (Å²) in [5, 5.41) is 0. The van der Waals surface area contributed by atoms with E-state index in [1.165, 1.54) is 12.8 Å². The van der Waals surface area contributed by atoms with Gasteiger partial charge in [-0.1, -0.05) is 6.07 Å². The Bertz CT molecular complexity index is 418. The van der Waals surface area contributed by atoms with Gasteiger partial charge in [-0.25, -0.2) is 0 Å².